The number of rotatable bonds is 4. The van der Waals surface area contributed by atoms with Crippen molar-refractivity contribution in [2.24, 2.45) is 5.41 Å². The van der Waals surface area contributed by atoms with E-state index in [1.807, 2.05) is 24.3 Å². The number of hydrogen-bond donors (Lipinski definition) is 1. The van der Waals surface area contributed by atoms with E-state index in [2.05, 4.69) is 37.2 Å². The van der Waals surface area contributed by atoms with E-state index in [4.69, 9.17) is 0 Å². The van der Waals surface area contributed by atoms with Gasteiger partial charge in [0.15, 0.2) is 0 Å². The molecule has 1 aromatic rings. The fourth-order valence-electron chi connectivity index (χ4n) is 2.67. The molecular formula is C15H19Br2NO. The zero-order valence-electron chi connectivity index (χ0n) is 10.9. The second-order valence-electron chi connectivity index (χ2n) is 5.36. The summed E-state index contributed by atoms with van der Waals surface area (Å²) in [6.07, 6.45) is 6.28. The highest BCUT2D eigenvalue weighted by atomic mass is 79.9. The minimum Gasteiger partial charge on any atom is -0.351 e. The predicted octanol–water partition coefficient (Wildman–Crippen LogP) is 4.52. The quantitative estimate of drug-likeness (QED) is 0.754. The van der Waals surface area contributed by atoms with E-state index in [1.165, 1.54) is 32.1 Å². The van der Waals surface area contributed by atoms with E-state index < -0.39 is 0 Å². The van der Waals surface area contributed by atoms with Crippen molar-refractivity contribution in [1.29, 1.82) is 0 Å². The molecule has 0 unspecified atom stereocenters. The van der Waals surface area contributed by atoms with E-state index in [-0.39, 0.29) is 11.3 Å². The number of alkyl halides is 1. The Balaban J connectivity index is 1.98. The van der Waals surface area contributed by atoms with Crippen molar-refractivity contribution in [2.45, 2.75) is 32.1 Å². The maximum atomic E-state index is 12.2. The Labute approximate surface area is 131 Å². The van der Waals surface area contributed by atoms with Gasteiger partial charge in [0.25, 0.3) is 5.91 Å². The van der Waals surface area contributed by atoms with Crippen molar-refractivity contribution in [2.75, 3.05) is 11.9 Å². The number of nitrogens with one attached hydrogen (secondary N) is 1. The van der Waals surface area contributed by atoms with Crippen LogP contribution >= 0.6 is 31.9 Å². The van der Waals surface area contributed by atoms with Crippen LogP contribution in [-0.4, -0.2) is 17.8 Å². The monoisotopic (exact) mass is 387 g/mol. The van der Waals surface area contributed by atoms with Gasteiger partial charge in [0.05, 0.1) is 5.56 Å². The smallest absolute Gasteiger partial charge is 0.252 e. The summed E-state index contributed by atoms with van der Waals surface area (Å²) in [5, 5.41) is 4.07. The van der Waals surface area contributed by atoms with Crippen molar-refractivity contribution >= 4 is 37.8 Å². The lowest BCUT2D eigenvalue weighted by Gasteiger charge is -2.35. The van der Waals surface area contributed by atoms with E-state index in [9.17, 15) is 4.79 Å². The van der Waals surface area contributed by atoms with Crippen LogP contribution in [0.4, 0.5) is 0 Å². The normalized spacial score (nSPS) is 18.0. The molecule has 1 amide bonds. The number of carbonyl (C=O) groups is 1. The lowest BCUT2D eigenvalue weighted by atomic mass is 9.75. The largest absolute Gasteiger partial charge is 0.351 e. The van der Waals surface area contributed by atoms with Crippen LogP contribution in [0.3, 0.4) is 0 Å². The topological polar surface area (TPSA) is 29.1 Å². The zero-order chi connectivity index (χ0) is 13.7. The van der Waals surface area contributed by atoms with Crippen LogP contribution < -0.4 is 5.32 Å². The maximum Gasteiger partial charge on any atom is 0.252 e. The third-order valence-corrected chi connectivity index (χ3v) is 5.82. The number of halogens is 2. The standard InChI is InChI=1S/C15H19Br2NO/c16-10-15(8-4-1-5-9-15)11-18-14(19)12-6-2-3-7-13(12)17/h2-3,6-7H,1,4-5,8-11H2,(H,18,19). The van der Waals surface area contributed by atoms with Gasteiger partial charge in [-0.15, -0.1) is 0 Å². The van der Waals surface area contributed by atoms with Gasteiger partial charge >= 0.3 is 0 Å². The number of amides is 1. The summed E-state index contributed by atoms with van der Waals surface area (Å²) in [6, 6.07) is 7.55. The molecule has 104 valence electrons. The first-order chi connectivity index (χ1) is 9.17. The number of benzene rings is 1. The molecule has 19 heavy (non-hydrogen) atoms. The van der Waals surface area contributed by atoms with Gasteiger partial charge in [-0.05, 0) is 46.3 Å². The van der Waals surface area contributed by atoms with Crippen LogP contribution in [-0.2, 0) is 0 Å². The number of carbonyl (C=O) groups excluding carboxylic acids is 1. The molecule has 0 heterocycles. The minimum atomic E-state index is 0.0124. The van der Waals surface area contributed by atoms with Gasteiger partial charge in [0.2, 0.25) is 0 Å². The molecule has 1 N–H and O–H groups in total. The van der Waals surface area contributed by atoms with Crippen LogP contribution in [0.15, 0.2) is 28.7 Å². The molecule has 1 fully saturated rings. The Morgan fingerprint density at radius 2 is 1.89 bits per heavy atom. The van der Waals surface area contributed by atoms with Crippen LogP contribution in [0, 0.1) is 5.41 Å². The molecule has 1 aliphatic rings. The zero-order valence-corrected chi connectivity index (χ0v) is 14.1. The van der Waals surface area contributed by atoms with Crippen LogP contribution in [0.5, 0.6) is 0 Å². The molecule has 4 heteroatoms. The first-order valence-electron chi connectivity index (χ1n) is 6.76. The Hall–Kier alpha value is -0.350. The third-order valence-electron chi connectivity index (χ3n) is 3.94. The lowest BCUT2D eigenvalue weighted by Crippen LogP contribution is -2.40. The van der Waals surface area contributed by atoms with Crippen molar-refractivity contribution < 1.29 is 4.79 Å². The van der Waals surface area contributed by atoms with Gasteiger partial charge in [-0.2, -0.15) is 0 Å². The molecule has 0 bridgehead atoms. The molecule has 0 radical (unpaired) electrons. The highest BCUT2D eigenvalue weighted by Gasteiger charge is 2.31. The first-order valence-corrected chi connectivity index (χ1v) is 8.67. The second kappa shape index (κ2) is 6.89. The molecule has 2 nitrogen and oxygen atoms in total. The van der Waals surface area contributed by atoms with Crippen molar-refractivity contribution in [3.63, 3.8) is 0 Å². The molecule has 0 aromatic heterocycles. The summed E-state index contributed by atoms with van der Waals surface area (Å²) in [4.78, 5) is 12.2. The lowest BCUT2D eigenvalue weighted by molar-refractivity contribution is 0.0921. The van der Waals surface area contributed by atoms with E-state index in [0.29, 0.717) is 5.56 Å². The average Bonchev–Trinajstić information content (AvgIpc) is 2.46. The van der Waals surface area contributed by atoms with Gasteiger partial charge in [-0.1, -0.05) is 47.3 Å². The van der Waals surface area contributed by atoms with Gasteiger partial charge in [0.1, 0.15) is 0 Å². The van der Waals surface area contributed by atoms with Crippen LogP contribution in [0.25, 0.3) is 0 Å². The predicted molar refractivity (Wildman–Crippen MR) is 85.8 cm³/mol. The number of hydrogen-bond acceptors (Lipinski definition) is 1. The molecule has 0 aliphatic heterocycles. The Morgan fingerprint density at radius 3 is 2.53 bits per heavy atom. The maximum absolute atomic E-state index is 12.2. The average molecular weight is 389 g/mol. The molecule has 1 saturated carbocycles. The molecule has 2 rings (SSSR count). The van der Waals surface area contributed by atoms with E-state index in [1.54, 1.807) is 0 Å². The first kappa shape index (κ1) is 15.0. The molecule has 1 aliphatic carbocycles. The van der Waals surface area contributed by atoms with Crippen molar-refractivity contribution in [3.05, 3.63) is 34.3 Å². The fraction of sp³-hybridized carbons (Fsp3) is 0.533. The van der Waals surface area contributed by atoms with Crippen molar-refractivity contribution in [3.8, 4) is 0 Å². The van der Waals surface area contributed by atoms with E-state index in [0.717, 1.165) is 16.3 Å². The highest BCUT2D eigenvalue weighted by Crippen LogP contribution is 2.37. The summed E-state index contributed by atoms with van der Waals surface area (Å²) in [6.45, 7) is 0.762. The van der Waals surface area contributed by atoms with Gasteiger partial charge in [-0.25, -0.2) is 0 Å². The molecule has 1 aromatic carbocycles. The Bertz CT molecular complexity index is 442. The SMILES string of the molecule is O=C(NCC1(CBr)CCCCC1)c1ccccc1Br. The Kier molecular flexibility index (Phi) is 5.46. The second-order valence-corrected chi connectivity index (χ2v) is 6.77. The molecule has 0 saturated heterocycles. The molecular weight excluding hydrogens is 370 g/mol. The van der Waals surface area contributed by atoms with Crippen LogP contribution in [0.1, 0.15) is 42.5 Å². The van der Waals surface area contributed by atoms with Gasteiger partial charge < -0.3 is 5.32 Å². The molecule has 0 atom stereocenters. The summed E-state index contributed by atoms with van der Waals surface area (Å²) in [5.74, 6) is 0.0124. The van der Waals surface area contributed by atoms with Gasteiger partial charge in [0, 0.05) is 16.3 Å². The third kappa shape index (κ3) is 3.82. The summed E-state index contributed by atoms with van der Waals surface area (Å²) >= 11 is 7.05. The Morgan fingerprint density at radius 1 is 1.21 bits per heavy atom. The molecule has 0 spiro atoms. The fourth-order valence-corrected chi connectivity index (χ4v) is 3.89. The van der Waals surface area contributed by atoms with Crippen LogP contribution in [0.2, 0.25) is 0 Å². The van der Waals surface area contributed by atoms with Crippen molar-refractivity contribution in [1.82, 2.24) is 5.32 Å². The van der Waals surface area contributed by atoms with Gasteiger partial charge in [-0.3, -0.25) is 4.79 Å². The highest BCUT2D eigenvalue weighted by molar-refractivity contribution is 9.10. The minimum absolute atomic E-state index is 0.0124. The van der Waals surface area contributed by atoms with E-state index >= 15 is 0 Å². The summed E-state index contributed by atoms with van der Waals surface area (Å²) < 4.78 is 0.851. The summed E-state index contributed by atoms with van der Waals surface area (Å²) in [5.41, 5.74) is 0.956. The summed E-state index contributed by atoms with van der Waals surface area (Å²) in [7, 11) is 0.